The molecule has 122 valence electrons. The number of hydrogen-bond donors (Lipinski definition) is 1. The molecule has 1 spiro atoms. The number of hydrogen-bond acceptors (Lipinski definition) is 4. The Balaban J connectivity index is 1.49. The molecule has 1 aromatic heterocycles. The molecular weight excluding hydrogens is 294 g/mol. The van der Waals surface area contributed by atoms with Crippen LogP contribution in [0.15, 0.2) is 24.5 Å². The molecule has 2 aliphatic rings. The summed E-state index contributed by atoms with van der Waals surface area (Å²) in [4.78, 5) is 41.7. The maximum absolute atomic E-state index is 12.5. The van der Waals surface area contributed by atoms with Crippen molar-refractivity contribution in [2.24, 2.45) is 5.41 Å². The first-order valence-corrected chi connectivity index (χ1v) is 8.11. The Hall–Kier alpha value is -2.24. The maximum Gasteiger partial charge on any atom is 0.235 e. The van der Waals surface area contributed by atoms with Crippen LogP contribution in [0, 0.1) is 5.41 Å². The van der Waals surface area contributed by atoms with Crippen molar-refractivity contribution < 1.29 is 14.4 Å². The van der Waals surface area contributed by atoms with Crippen LogP contribution in [0.4, 0.5) is 0 Å². The van der Waals surface area contributed by atoms with Crippen molar-refractivity contribution in [1.82, 2.24) is 15.2 Å². The van der Waals surface area contributed by atoms with Crippen LogP contribution in [0.25, 0.3) is 0 Å². The first-order chi connectivity index (χ1) is 11.1. The van der Waals surface area contributed by atoms with E-state index in [1.165, 1.54) is 4.90 Å². The van der Waals surface area contributed by atoms with Gasteiger partial charge < -0.3 is 5.32 Å². The highest BCUT2D eigenvalue weighted by molar-refractivity contribution is 6.06. The lowest BCUT2D eigenvalue weighted by Gasteiger charge is -2.20. The zero-order valence-electron chi connectivity index (χ0n) is 13.1. The summed E-state index contributed by atoms with van der Waals surface area (Å²) in [5, 5.41) is 2.80. The number of aromatic nitrogens is 1. The Bertz CT molecular complexity index is 609. The zero-order chi connectivity index (χ0) is 16.3. The van der Waals surface area contributed by atoms with E-state index in [2.05, 4.69) is 10.3 Å². The van der Waals surface area contributed by atoms with Crippen LogP contribution >= 0.6 is 0 Å². The SMILES string of the molecule is O=C(CCN1C(=O)CC2(CCCC2)C1=O)NCc1ccncc1. The predicted octanol–water partition coefficient (Wildman–Crippen LogP) is 1.41. The lowest BCUT2D eigenvalue weighted by molar-refractivity contribution is -0.141. The van der Waals surface area contributed by atoms with Gasteiger partial charge in [0, 0.05) is 38.3 Å². The summed E-state index contributed by atoms with van der Waals surface area (Å²) in [6.07, 6.45) is 7.46. The minimum absolute atomic E-state index is 0.0677. The third-order valence-corrected chi connectivity index (χ3v) is 4.85. The molecule has 23 heavy (non-hydrogen) atoms. The molecule has 1 N–H and O–H groups in total. The van der Waals surface area contributed by atoms with Crippen molar-refractivity contribution in [1.29, 1.82) is 0 Å². The summed E-state index contributed by atoms with van der Waals surface area (Å²) < 4.78 is 0. The molecule has 2 heterocycles. The first kappa shape index (κ1) is 15.6. The molecule has 1 aromatic rings. The van der Waals surface area contributed by atoms with Crippen molar-refractivity contribution in [3.8, 4) is 0 Å². The van der Waals surface area contributed by atoms with Crippen LogP contribution in [0.3, 0.4) is 0 Å². The Labute approximate surface area is 135 Å². The van der Waals surface area contributed by atoms with Crippen molar-refractivity contribution >= 4 is 17.7 Å². The van der Waals surface area contributed by atoms with Crippen molar-refractivity contribution in [2.45, 2.75) is 45.1 Å². The number of nitrogens with one attached hydrogen (secondary N) is 1. The number of rotatable bonds is 5. The molecular formula is C17H21N3O3. The molecule has 0 atom stereocenters. The smallest absolute Gasteiger partial charge is 0.235 e. The summed E-state index contributed by atoms with van der Waals surface area (Å²) in [7, 11) is 0. The number of pyridine rings is 1. The molecule has 2 fully saturated rings. The second-order valence-corrected chi connectivity index (χ2v) is 6.40. The van der Waals surface area contributed by atoms with Crippen LogP contribution < -0.4 is 5.32 Å². The summed E-state index contributed by atoms with van der Waals surface area (Å²) >= 11 is 0. The largest absolute Gasteiger partial charge is 0.352 e. The first-order valence-electron chi connectivity index (χ1n) is 8.11. The quantitative estimate of drug-likeness (QED) is 0.833. The fraction of sp³-hybridized carbons (Fsp3) is 0.529. The van der Waals surface area contributed by atoms with Gasteiger partial charge in [-0.25, -0.2) is 0 Å². The normalized spacial score (nSPS) is 19.6. The summed E-state index contributed by atoms with van der Waals surface area (Å²) in [6.45, 7) is 0.606. The number of carbonyl (C=O) groups excluding carboxylic acids is 3. The molecule has 0 radical (unpaired) electrons. The van der Waals surface area contributed by atoms with E-state index < -0.39 is 5.41 Å². The van der Waals surface area contributed by atoms with Gasteiger partial charge in [-0.15, -0.1) is 0 Å². The average molecular weight is 315 g/mol. The molecule has 0 unspecified atom stereocenters. The van der Waals surface area contributed by atoms with Gasteiger partial charge in [0.05, 0.1) is 5.41 Å². The predicted molar refractivity (Wildman–Crippen MR) is 82.9 cm³/mol. The zero-order valence-corrected chi connectivity index (χ0v) is 13.1. The fourth-order valence-electron chi connectivity index (χ4n) is 3.53. The molecule has 3 rings (SSSR count). The van der Waals surface area contributed by atoms with E-state index in [0.29, 0.717) is 13.0 Å². The van der Waals surface area contributed by atoms with Crippen molar-refractivity contribution in [3.05, 3.63) is 30.1 Å². The second kappa shape index (κ2) is 6.48. The van der Waals surface area contributed by atoms with E-state index >= 15 is 0 Å². The van der Waals surface area contributed by atoms with E-state index in [1.54, 1.807) is 12.4 Å². The monoisotopic (exact) mass is 315 g/mol. The van der Waals surface area contributed by atoms with E-state index in [-0.39, 0.29) is 30.7 Å². The highest BCUT2D eigenvalue weighted by Crippen LogP contribution is 2.46. The van der Waals surface area contributed by atoms with E-state index in [9.17, 15) is 14.4 Å². The van der Waals surface area contributed by atoms with Crippen LogP contribution in [0.5, 0.6) is 0 Å². The topological polar surface area (TPSA) is 79.4 Å². The second-order valence-electron chi connectivity index (χ2n) is 6.40. The lowest BCUT2D eigenvalue weighted by atomic mass is 9.84. The van der Waals surface area contributed by atoms with E-state index in [0.717, 1.165) is 31.2 Å². The molecule has 0 aromatic carbocycles. The van der Waals surface area contributed by atoms with Gasteiger partial charge in [0.25, 0.3) is 0 Å². The molecule has 1 aliphatic heterocycles. The van der Waals surface area contributed by atoms with Crippen LogP contribution in [0.1, 0.15) is 44.1 Å². The summed E-state index contributed by atoms with van der Waals surface area (Å²) in [6, 6.07) is 3.66. The third-order valence-electron chi connectivity index (χ3n) is 4.85. The molecule has 3 amide bonds. The molecule has 1 saturated carbocycles. The van der Waals surface area contributed by atoms with Gasteiger partial charge in [0.15, 0.2) is 0 Å². The number of carbonyl (C=O) groups is 3. The summed E-state index contributed by atoms with van der Waals surface area (Å²) in [5.41, 5.74) is 0.511. The highest BCUT2D eigenvalue weighted by atomic mass is 16.2. The number of imide groups is 1. The van der Waals surface area contributed by atoms with Crippen LogP contribution in [-0.4, -0.2) is 34.2 Å². The minimum Gasteiger partial charge on any atom is -0.352 e. The summed E-state index contributed by atoms with van der Waals surface area (Å²) in [5.74, 6) is -0.351. The van der Waals surface area contributed by atoms with Crippen LogP contribution in [0.2, 0.25) is 0 Å². The van der Waals surface area contributed by atoms with E-state index in [4.69, 9.17) is 0 Å². The van der Waals surface area contributed by atoms with Gasteiger partial charge in [-0.05, 0) is 30.5 Å². The fourth-order valence-corrected chi connectivity index (χ4v) is 3.53. The maximum atomic E-state index is 12.5. The Morgan fingerprint density at radius 3 is 2.61 bits per heavy atom. The minimum atomic E-state index is -0.454. The number of amides is 3. The number of nitrogens with zero attached hydrogens (tertiary/aromatic N) is 2. The third kappa shape index (κ3) is 3.25. The van der Waals surface area contributed by atoms with Gasteiger partial charge in [-0.3, -0.25) is 24.3 Å². The van der Waals surface area contributed by atoms with Crippen LogP contribution in [-0.2, 0) is 20.9 Å². The molecule has 0 bridgehead atoms. The molecule has 6 nitrogen and oxygen atoms in total. The van der Waals surface area contributed by atoms with Gasteiger partial charge in [0.1, 0.15) is 0 Å². The molecule has 1 aliphatic carbocycles. The van der Waals surface area contributed by atoms with Gasteiger partial charge in [-0.2, -0.15) is 0 Å². The van der Waals surface area contributed by atoms with Gasteiger partial charge in [0.2, 0.25) is 17.7 Å². The highest BCUT2D eigenvalue weighted by Gasteiger charge is 2.52. The standard InChI is InChI=1S/C17H21N3O3/c21-14(19-12-13-3-8-18-9-4-13)5-10-20-15(22)11-17(16(20)23)6-1-2-7-17/h3-4,8-9H,1-2,5-7,10-12H2,(H,19,21). The van der Waals surface area contributed by atoms with Crippen molar-refractivity contribution in [3.63, 3.8) is 0 Å². The van der Waals surface area contributed by atoms with Gasteiger partial charge in [-0.1, -0.05) is 12.8 Å². The lowest BCUT2D eigenvalue weighted by Crippen LogP contribution is -2.37. The average Bonchev–Trinajstić information content (AvgIpc) is 3.11. The Morgan fingerprint density at radius 2 is 1.91 bits per heavy atom. The Kier molecular flexibility index (Phi) is 4.41. The van der Waals surface area contributed by atoms with E-state index in [1.807, 2.05) is 12.1 Å². The van der Waals surface area contributed by atoms with Crippen molar-refractivity contribution in [2.75, 3.05) is 6.54 Å². The molecule has 6 heteroatoms. The Morgan fingerprint density at radius 1 is 1.22 bits per heavy atom. The number of likely N-dealkylation sites (tertiary alicyclic amines) is 1. The molecule has 1 saturated heterocycles. The van der Waals surface area contributed by atoms with Gasteiger partial charge >= 0.3 is 0 Å².